The van der Waals surface area contributed by atoms with Crippen LogP contribution in [0.5, 0.6) is 0 Å². The molecular weight excluding hydrogens is 309 g/mol. The number of oxazole rings is 1. The predicted molar refractivity (Wildman–Crippen MR) is 76.9 cm³/mol. The number of rotatable bonds is 4. The number of hydrogen-bond acceptors (Lipinski definition) is 6. The molecule has 0 aliphatic rings. The van der Waals surface area contributed by atoms with E-state index in [0.717, 1.165) is 0 Å². The fourth-order valence-electron chi connectivity index (χ4n) is 1.83. The third-order valence-corrected chi connectivity index (χ3v) is 3.45. The highest BCUT2D eigenvalue weighted by Gasteiger charge is 2.10. The maximum absolute atomic E-state index is 12.9. The van der Waals surface area contributed by atoms with Crippen molar-refractivity contribution in [3.05, 3.63) is 54.2 Å². The molecule has 3 aromatic rings. The zero-order valence-corrected chi connectivity index (χ0v) is 12.0. The Kier molecular flexibility index (Phi) is 3.92. The van der Waals surface area contributed by atoms with Gasteiger partial charge in [0, 0.05) is 5.56 Å². The van der Waals surface area contributed by atoms with E-state index in [0.29, 0.717) is 28.5 Å². The van der Waals surface area contributed by atoms with Gasteiger partial charge in [0.25, 0.3) is 0 Å². The molecule has 1 aromatic carbocycles. The van der Waals surface area contributed by atoms with Crippen molar-refractivity contribution >= 4 is 10.7 Å². The fraction of sp³-hybridized carbons (Fsp3) is 0.0714. The SMILES string of the molecule is O=[SH](=O)Cc1ccc(-c2coc(-c3ccc(F)cc3)n2)nn1. The summed E-state index contributed by atoms with van der Waals surface area (Å²) in [5.41, 5.74) is 1.93. The van der Waals surface area contributed by atoms with Crippen LogP contribution in [0.1, 0.15) is 5.69 Å². The smallest absolute Gasteiger partial charge is 0.226 e. The van der Waals surface area contributed by atoms with E-state index >= 15 is 0 Å². The highest BCUT2D eigenvalue weighted by molar-refractivity contribution is 7.71. The Labute approximate surface area is 126 Å². The van der Waals surface area contributed by atoms with Crippen molar-refractivity contribution in [2.24, 2.45) is 0 Å². The van der Waals surface area contributed by atoms with Crippen molar-refractivity contribution in [2.45, 2.75) is 5.75 Å². The minimum Gasteiger partial charge on any atom is -0.444 e. The summed E-state index contributed by atoms with van der Waals surface area (Å²) in [4.78, 5) is 4.26. The molecule has 2 heterocycles. The van der Waals surface area contributed by atoms with Crippen LogP contribution in [0.25, 0.3) is 22.8 Å². The summed E-state index contributed by atoms with van der Waals surface area (Å²) in [6, 6.07) is 8.94. The quantitative estimate of drug-likeness (QED) is 0.741. The topological polar surface area (TPSA) is 86.0 Å². The second-order valence-corrected chi connectivity index (χ2v) is 5.43. The maximum atomic E-state index is 12.9. The molecule has 0 N–H and O–H groups in total. The Morgan fingerprint density at radius 1 is 1.00 bits per heavy atom. The molecule has 0 saturated heterocycles. The van der Waals surface area contributed by atoms with Gasteiger partial charge in [0.1, 0.15) is 34.2 Å². The van der Waals surface area contributed by atoms with Gasteiger partial charge < -0.3 is 4.42 Å². The average molecular weight is 319 g/mol. The first kappa shape index (κ1) is 14.3. The lowest BCUT2D eigenvalue weighted by Crippen LogP contribution is -1.95. The molecule has 2 aromatic heterocycles. The van der Waals surface area contributed by atoms with Gasteiger partial charge in [-0.25, -0.2) is 17.8 Å². The van der Waals surface area contributed by atoms with Crippen LogP contribution in [-0.4, -0.2) is 23.6 Å². The highest BCUT2D eigenvalue weighted by Crippen LogP contribution is 2.23. The molecule has 6 nitrogen and oxygen atoms in total. The summed E-state index contributed by atoms with van der Waals surface area (Å²) in [6.07, 6.45) is 1.41. The number of aromatic nitrogens is 3. The molecule has 112 valence electrons. The first-order valence-electron chi connectivity index (χ1n) is 6.28. The van der Waals surface area contributed by atoms with Crippen LogP contribution in [0.4, 0.5) is 4.39 Å². The Morgan fingerprint density at radius 2 is 1.77 bits per heavy atom. The fourth-order valence-corrected chi connectivity index (χ4v) is 2.26. The molecule has 0 fully saturated rings. The lowest BCUT2D eigenvalue weighted by molar-refractivity contribution is 0.574. The van der Waals surface area contributed by atoms with Crippen molar-refractivity contribution < 1.29 is 17.2 Å². The monoisotopic (exact) mass is 319 g/mol. The van der Waals surface area contributed by atoms with E-state index in [2.05, 4.69) is 15.2 Å². The van der Waals surface area contributed by atoms with Crippen LogP contribution < -0.4 is 0 Å². The number of hydrogen-bond donors (Lipinski definition) is 1. The molecular formula is C14H10FN3O3S. The number of benzene rings is 1. The summed E-state index contributed by atoms with van der Waals surface area (Å²) >= 11 is 0. The van der Waals surface area contributed by atoms with Crippen molar-refractivity contribution in [3.8, 4) is 22.8 Å². The second-order valence-electron chi connectivity index (χ2n) is 4.45. The Morgan fingerprint density at radius 3 is 2.41 bits per heavy atom. The maximum Gasteiger partial charge on any atom is 0.226 e. The number of halogens is 1. The summed E-state index contributed by atoms with van der Waals surface area (Å²) in [5.74, 6) is -0.153. The summed E-state index contributed by atoms with van der Waals surface area (Å²) < 4.78 is 39.5. The Hall–Kier alpha value is -2.61. The third-order valence-electron chi connectivity index (χ3n) is 2.87. The van der Waals surface area contributed by atoms with Crippen LogP contribution in [0, 0.1) is 5.82 Å². The summed E-state index contributed by atoms with van der Waals surface area (Å²) in [7, 11) is -2.54. The molecule has 0 radical (unpaired) electrons. The van der Waals surface area contributed by atoms with Gasteiger partial charge in [0.05, 0.1) is 11.4 Å². The molecule has 0 unspecified atom stereocenters. The van der Waals surface area contributed by atoms with Gasteiger partial charge in [0.2, 0.25) is 5.89 Å². The predicted octanol–water partition coefficient (Wildman–Crippen LogP) is 2.05. The van der Waals surface area contributed by atoms with E-state index in [9.17, 15) is 12.8 Å². The molecule has 0 aliphatic carbocycles. The van der Waals surface area contributed by atoms with Gasteiger partial charge in [0.15, 0.2) is 0 Å². The van der Waals surface area contributed by atoms with E-state index in [4.69, 9.17) is 4.42 Å². The molecule has 0 atom stereocenters. The van der Waals surface area contributed by atoms with Gasteiger partial charge >= 0.3 is 0 Å². The minimum atomic E-state index is -2.54. The van der Waals surface area contributed by atoms with Gasteiger partial charge in [-0.2, -0.15) is 5.10 Å². The van der Waals surface area contributed by atoms with Crippen LogP contribution in [0.3, 0.4) is 0 Å². The number of nitrogens with zero attached hydrogens (tertiary/aromatic N) is 3. The summed E-state index contributed by atoms with van der Waals surface area (Å²) in [5, 5.41) is 7.75. The first-order chi connectivity index (χ1) is 10.6. The highest BCUT2D eigenvalue weighted by atomic mass is 32.2. The van der Waals surface area contributed by atoms with Crippen molar-refractivity contribution in [2.75, 3.05) is 0 Å². The van der Waals surface area contributed by atoms with Crippen LogP contribution in [0.2, 0.25) is 0 Å². The van der Waals surface area contributed by atoms with Crippen LogP contribution in [-0.2, 0) is 16.5 Å². The van der Waals surface area contributed by atoms with Crippen LogP contribution in [0.15, 0.2) is 47.1 Å². The van der Waals surface area contributed by atoms with E-state index < -0.39 is 10.7 Å². The van der Waals surface area contributed by atoms with E-state index in [1.54, 1.807) is 24.3 Å². The van der Waals surface area contributed by atoms with E-state index in [1.807, 2.05) is 0 Å². The molecule has 3 rings (SSSR count). The molecule has 22 heavy (non-hydrogen) atoms. The van der Waals surface area contributed by atoms with E-state index in [-0.39, 0.29) is 11.6 Å². The van der Waals surface area contributed by atoms with Gasteiger partial charge in [-0.3, -0.25) is 0 Å². The zero-order valence-electron chi connectivity index (χ0n) is 11.1. The first-order valence-corrected chi connectivity index (χ1v) is 7.64. The molecule has 0 bridgehead atoms. The normalized spacial score (nSPS) is 11.0. The van der Waals surface area contributed by atoms with Gasteiger partial charge in [-0.15, -0.1) is 5.10 Å². The second kappa shape index (κ2) is 6.02. The minimum absolute atomic E-state index is 0.151. The largest absolute Gasteiger partial charge is 0.444 e. The lowest BCUT2D eigenvalue weighted by atomic mass is 10.2. The Bertz CT molecular complexity index is 850. The van der Waals surface area contributed by atoms with Crippen molar-refractivity contribution in [3.63, 3.8) is 0 Å². The van der Waals surface area contributed by atoms with Crippen molar-refractivity contribution in [1.29, 1.82) is 0 Å². The molecule has 0 spiro atoms. The molecule has 0 saturated carbocycles. The number of thiol groups is 1. The van der Waals surface area contributed by atoms with Crippen LogP contribution >= 0.6 is 0 Å². The Balaban J connectivity index is 1.85. The van der Waals surface area contributed by atoms with Gasteiger partial charge in [-0.05, 0) is 36.4 Å². The molecule has 8 heteroatoms. The van der Waals surface area contributed by atoms with Gasteiger partial charge in [-0.1, -0.05) is 0 Å². The van der Waals surface area contributed by atoms with Crippen molar-refractivity contribution in [1.82, 2.24) is 15.2 Å². The average Bonchev–Trinajstić information content (AvgIpc) is 2.98. The zero-order chi connectivity index (χ0) is 15.5. The standard InChI is InChI=1S/C14H10FN3O3S/c15-10-3-1-9(2-4-10)14-16-13(7-21-14)12-6-5-11(17-18-12)8-22(19)20/h1-7,22H,8H2. The lowest BCUT2D eigenvalue weighted by Gasteiger charge is -1.96. The summed E-state index contributed by atoms with van der Waals surface area (Å²) in [6.45, 7) is 0. The third kappa shape index (κ3) is 3.17. The van der Waals surface area contributed by atoms with E-state index in [1.165, 1.54) is 18.4 Å². The molecule has 0 aliphatic heterocycles. The molecule has 0 amide bonds.